The molecule has 3 rings (SSSR count). The van der Waals surface area contributed by atoms with Crippen molar-refractivity contribution in [3.05, 3.63) is 59.7 Å². The Hall–Kier alpha value is -3.39. The average Bonchev–Trinajstić information content (AvgIpc) is 2.74. The molecule has 8 heteroatoms. The number of hydrogen-bond acceptors (Lipinski definition) is 5. The quantitative estimate of drug-likeness (QED) is 0.584. The maximum absolute atomic E-state index is 12.8. The minimum atomic E-state index is -0.482. The standard InChI is InChI=1S/C24H30N4O4/c1-16-14-32-15-17(2)28(16)21-9-8-19(24(31)26-11-10-22(25)29)13-20(21)27-23(30)12-18-6-4-3-5-7-18/h3-9,13,16-17H,10-12,14-15H2,1-2H3,(H2,25,29)(H,26,31)(H,27,30). The Bertz CT molecular complexity index is 954. The molecule has 0 aliphatic carbocycles. The second-order valence-electron chi connectivity index (χ2n) is 8.06. The van der Waals surface area contributed by atoms with Crippen molar-refractivity contribution in [1.29, 1.82) is 0 Å². The van der Waals surface area contributed by atoms with E-state index in [1.165, 1.54) is 0 Å². The first kappa shape index (κ1) is 23.3. The number of amides is 3. The maximum Gasteiger partial charge on any atom is 0.251 e. The van der Waals surface area contributed by atoms with Gasteiger partial charge >= 0.3 is 0 Å². The number of nitrogens with two attached hydrogens (primary N) is 1. The van der Waals surface area contributed by atoms with Crippen LogP contribution in [0.2, 0.25) is 0 Å². The highest BCUT2D eigenvalue weighted by Crippen LogP contribution is 2.32. The van der Waals surface area contributed by atoms with E-state index >= 15 is 0 Å². The van der Waals surface area contributed by atoms with Crippen molar-refractivity contribution < 1.29 is 19.1 Å². The molecule has 8 nitrogen and oxygen atoms in total. The van der Waals surface area contributed by atoms with Crippen LogP contribution in [0.1, 0.15) is 36.2 Å². The van der Waals surface area contributed by atoms with Crippen LogP contribution in [-0.4, -0.2) is 49.6 Å². The van der Waals surface area contributed by atoms with E-state index in [1.807, 2.05) is 36.4 Å². The molecule has 0 bridgehead atoms. The summed E-state index contributed by atoms with van der Waals surface area (Å²) in [7, 11) is 0. The number of carbonyl (C=O) groups excluding carboxylic acids is 3. The van der Waals surface area contributed by atoms with E-state index in [1.54, 1.807) is 12.1 Å². The van der Waals surface area contributed by atoms with Crippen LogP contribution in [0.15, 0.2) is 48.5 Å². The first-order chi connectivity index (χ1) is 15.3. The lowest BCUT2D eigenvalue weighted by Gasteiger charge is -2.41. The van der Waals surface area contributed by atoms with Crippen LogP contribution in [0.4, 0.5) is 11.4 Å². The highest BCUT2D eigenvalue weighted by molar-refractivity contribution is 6.00. The molecule has 2 atom stereocenters. The normalized spacial score (nSPS) is 18.1. The number of ether oxygens (including phenoxy) is 1. The van der Waals surface area contributed by atoms with Gasteiger partial charge in [0.25, 0.3) is 5.91 Å². The number of rotatable bonds is 8. The van der Waals surface area contributed by atoms with Gasteiger partial charge in [0.15, 0.2) is 0 Å². The van der Waals surface area contributed by atoms with Crippen molar-refractivity contribution in [2.75, 3.05) is 30.0 Å². The predicted octanol–water partition coefficient (Wildman–Crippen LogP) is 2.09. The molecule has 3 amide bonds. The van der Waals surface area contributed by atoms with E-state index in [4.69, 9.17) is 10.5 Å². The van der Waals surface area contributed by atoms with Crippen molar-refractivity contribution in [3.8, 4) is 0 Å². The number of nitrogens with zero attached hydrogens (tertiary/aromatic N) is 1. The summed E-state index contributed by atoms with van der Waals surface area (Å²) in [5.74, 6) is -0.985. The molecular formula is C24H30N4O4. The van der Waals surface area contributed by atoms with Crippen LogP contribution in [0.25, 0.3) is 0 Å². The highest BCUT2D eigenvalue weighted by atomic mass is 16.5. The molecule has 0 saturated carbocycles. The number of carbonyl (C=O) groups is 3. The first-order valence-electron chi connectivity index (χ1n) is 10.8. The molecule has 2 unspecified atom stereocenters. The molecule has 1 aliphatic rings. The van der Waals surface area contributed by atoms with Gasteiger partial charge in [-0.1, -0.05) is 30.3 Å². The molecule has 1 aliphatic heterocycles. The number of nitrogens with one attached hydrogen (secondary N) is 2. The molecule has 0 radical (unpaired) electrons. The van der Waals surface area contributed by atoms with Crippen molar-refractivity contribution in [2.45, 2.75) is 38.8 Å². The summed E-state index contributed by atoms with van der Waals surface area (Å²) in [5, 5.41) is 5.67. The molecule has 1 heterocycles. The lowest BCUT2D eigenvalue weighted by molar-refractivity contribution is -0.118. The minimum absolute atomic E-state index is 0.0628. The molecule has 2 aromatic rings. The summed E-state index contributed by atoms with van der Waals surface area (Å²) in [4.78, 5) is 38.5. The fourth-order valence-electron chi connectivity index (χ4n) is 3.86. The minimum Gasteiger partial charge on any atom is -0.377 e. The topological polar surface area (TPSA) is 114 Å². The molecule has 1 fully saturated rings. The molecule has 32 heavy (non-hydrogen) atoms. The van der Waals surface area contributed by atoms with E-state index in [-0.39, 0.29) is 43.3 Å². The summed E-state index contributed by atoms with van der Waals surface area (Å²) < 4.78 is 5.64. The van der Waals surface area contributed by atoms with Gasteiger partial charge in [-0.3, -0.25) is 14.4 Å². The summed E-state index contributed by atoms with van der Waals surface area (Å²) in [6.45, 7) is 5.45. The van der Waals surface area contributed by atoms with Gasteiger partial charge < -0.3 is 26.0 Å². The number of primary amides is 1. The van der Waals surface area contributed by atoms with Gasteiger partial charge in [-0.2, -0.15) is 0 Å². The van der Waals surface area contributed by atoms with Crippen molar-refractivity contribution in [2.24, 2.45) is 5.73 Å². The maximum atomic E-state index is 12.8. The van der Waals surface area contributed by atoms with E-state index in [0.29, 0.717) is 24.5 Å². The summed E-state index contributed by atoms with van der Waals surface area (Å²) in [5.41, 5.74) is 7.83. The Morgan fingerprint density at radius 1 is 1.06 bits per heavy atom. The lowest BCUT2D eigenvalue weighted by Crippen LogP contribution is -2.50. The third-order valence-electron chi connectivity index (χ3n) is 5.34. The highest BCUT2D eigenvalue weighted by Gasteiger charge is 2.28. The van der Waals surface area contributed by atoms with E-state index in [2.05, 4.69) is 29.4 Å². The van der Waals surface area contributed by atoms with Crippen molar-refractivity contribution >= 4 is 29.1 Å². The molecule has 1 saturated heterocycles. The molecule has 0 spiro atoms. The Kier molecular flexibility index (Phi) is 7.83. The third-order valence-corrected chi connectivity index (χ3v) is 5.34. The first-order valence-corrected chi connectivity index (χ1v) is 10.8. The molecule has 0 aromatic heterocycles. The third kappa shape index (κ3) is 6.07. The number of anilines is 2. The van der Waals surface area contributed by atoms with Gasteiger partial charge in [0, 0.05) is 30.6 Å². The van der Waals surface area contributed by atoms with E-state index < -0.39 is 5.91 Å². The van der Waals surface area contributed by atoms with Gasteiger partial charge in [0.2, 0.25) is 11.8 Å². The van der Waals surface area contributed by atoms with Crippen LogP contribution in [0.3, 0.4) is 0 Å². The SMILES string of the molecule is CC1COCC(C)N1c1ccc(C(=O)NCCC(N)=O)cc1NC(=O)Cc1ccccc1. The van der Waals surface area contributed by atoms with E-state index in [9.17, 15) is 14.4 Å². The Balaban J connectivity index is 1.85. The molecule has 170 valence electrons. The van der Waals surface area contributed by atoms with Crippen LogP contribution in [0.5, 0.6) is 0 Å². The Labute approximate surface area is 188 Å². The van der Waals surface area contributed by atoms with Crippen molar-refractivity contribution in [1.82, 2.24) is 5.32 Å². The van der Waals surface area contributed by atoms with Crippen LogP contribution in [0, 0.1) is 0 Å². The predicted molar refractivity (Wildman–Crippen MR) is 124 cm³/mol. The zero-order valence-corrected chi connectivity index (χ0v) is 18.5. The van der Waals surface area contributed by atoms with Gasteiger partial charge in [0.1, 0.15) is 0 Å². The molecule has 4 N–H and O–H groups in total. The summed E-state index contributed by atoms with van der Waals surface area (Å²) in [6, 6.07) is 14.9. The second-order valence-corrected chi connectivity index (χ2v) is 8.06. The summed E-state index contributed by atoms with van der Waals surface area (Å²) >= 11 is 0. The molecule has 2 aromatic carbocycles. The Morgan fingerprint density at radius 2 is 1.75 bits per heavy atom. The summed E-state index contributed by atoms with van der Waals surface area (Å²) in [6.07, 6.45) is 0.289. The van der Waals surface area contributed by atoms with Crippen LogP contribution >= 0.6 is 0 Å². The van der Waals surface area contributed by atoms with Crippen LogP contribution < -0.4 is 21.3 Å². The van der Waals surface area contributed by atoms with Crippen molar-refractivity contribution in [3.63, 3.8) is 0 Å². The van der Waals surface area contributed by atoms with E-state index in [0.717, 1.165) is 11.3 Å². The zero-order valence-electron chi connectivity index (χ0n) is 18.5. The Morgan fingerprint density at radius 3 is 2.41 bits per heavy atom. The van der Waals surface area contributed by atoms with Gasteiger partial charge in [-0.05, 0) is 37.6 Å². The number of hydrogen-bond donors (Lipinski definition) is 3. The monoisotopic (exact) mass is 438 g/mol. The fraction of sp³-hybridized carbons (Fsp3) is 0.375. The largest absolute Gasteiger partial charge is 0.377 e. The zero-order chi connectivity index (χ0) is 23.1. The molecular weight excluding hydrogens is 408 g/mol. The average molecular weight is 439 g/mol. The lowest BCUT2D eigenvalue weighted by atomic mass is 10.1. The van der Waals surface area contributed by atoms with Gasteiger partial charge in [-0.25, -0.2) is 0 Å². The smallest absolute Gasteiger partial charge is 0.251 e. The van der Waals surface area contributed by atoms with Crippen LogP contribution in [-0.2, 0) is 20.7 Å². The van der Waals surface area contributed by atoms with Gasteiger partial charge in [-0.15, -0.1) is 0 Å². The fourth-order valence-corrected chi connectivity index (χ4v) is 3.86. The number of benzene rings is 2. The number of morpholine rings is 1. The second kappa shape index (κ2) is 10.8. The van der Waals surface area contributed by atoms with Gasteiger partial charge in [0.05, 0.1) is 31.0 Å².